The molecule has 4 heterocycles. The number of H-pyrrole nitrogens is 1. The molecule has 4 aromatic heterocycles. The summed E-state index contributed by atoms with van der Waals surface area (Å²) in [6.45, 7) is 6.21. The molecule has 0 fully saturated rings. The lowest BCUT2D eigenvalue weighted by Gasteiger charge is -2.02. The summed E-state index contributed by atoms with van der Waals surface area (Å²) in [5, 5.41) is 21.9. The Morgan fingerprint density at radius 3 is 2.86 bits per heavy atom. The van der Waals surface area contributed by atoms with E-state index in [2.05, 4.69) is 25.3 Å². The van der Waals surface area contributed by atoms with E-state index in [4.69, 9.17) is 5.73 Å². The molecular weight excluding hydrogens is 360 g/mol. The van der Waals surface area contributed by atoms with Crippen molar-refractivity contribution in [1.82, 2.24) is 34.3 Å². The largest absolute Gasteiger partial charge is 0.504 e. The fraction of sp³-hybridized carbons (Fsp3) is 0.278. The maximum absolute atomic E-state index is 11.9. The fourth-order valence-electron chi connectivity index (χ4n) is 3.23. The van der Waals surface area contributed by atoms with Crippen molar-refractivity contribution in [3.8, 4) is 28.7 Å². The highest BCUT2D eigenvalue weighted by molar-refractivity contribution is 5.96. The van der Waals surface area contributed by atoms with Gasteiger partial charge in [-0.3, -0.25) is 19.6 Å². The number of hydrogen-bond donors (Lipinski definition) is 3. The molecule has 0 spiro atoms. The van der Waals surface area contributed by atoms with Crippen LogP contribution in [0.15, 0.2) is 18.5 Å². The third-order valence-electron chi connectivity index (χ3n) is 4.52. The normalized spacial score (nSPS) is 11.4. The smallest absolute Gasteiger partial charge is 0.265 e. The molecule has 0 aliphatic heterocycles. The summed E-state index contributed by atoms with van der Waals surface area (Å²) in [6, 6.07) is 1.65. The number of aromatic nitrogens is 7. The van der Waals surface area contributed by atoms with Crippen molar-refractivity contribution in [1.29, 1.82) is 0 Å². The van der Waals surface area contributed by atoms with Crippen LogP contribution in [0.25, 0.3) is 28.4 Å². The number of nitrogens with zero attached hydrogens (tertiary/aromatic N) is 6. The van der Waals surface area contributed by atoms with Crippen LogP contribution in [0.3, 0.4) is 0 Å². The van der Waals surface area contributed by atoms with Gasteiger partial charge in [-0.1, -0.05) is 6.92 Å². The third-order valence-corrected chi connectivity index (χ3v) is 4.52. The van der Waals surface area contributed by atoms with E-state index in [-0.39, 0.29) is 5.75 Å². The first-order valence-electron chi connectivity index (χ1n) is 8.87. The summed E-state index contributed by atoms with van der Waals surface area (Å²) in [5.74, 6) is 0.255. The van der Waals surface area contributed by atoms with Crippen LogP contribution in [0, 0.1) is 13.8 Å². The highest BCUT2D eigenvalue weighted by atomic mass is 16.3. The SMILES string of the molecule is CCCn1nc(C)c(O)c1-c1n[nH]c(-c2cc(C(N)=O)n3cc(C)ncc23)n1. The van der Waals surface area contributed by atoms with Crippen LogP contribution in [0.5, 0.6) is 5.75 Å². The van der Waals surface area contributed by atoms with Crippen molar-refractivity contribution >= 4 is 11.4 Å². The molecule has 28 heavy (non-hydrogen) atoms. The molecular formula is C18H20N8O2. The van der Waals surface area contributed by atoms with Gasteiger partial charge in [-0.15, -0.1) is 0 Å². The van der Waals surface area contributed by atoms with Crippen molar-refractivity contribution in [2.45, 2.75) is 33.7 Å². The van der Waals surface area contributed by atoms with E-state index < -0.39 is 5.91 Å². The molecule has 0 aliphatic rings. The Morgan fingerprint density at radius 2 is 2.14 bits per heavy atom. The molecule has 0 bridgehead atoms. The zero-order valence-corrected chi connectivity index (χ0v) is 15.8. The first-order valence-corrected chi connectivity index (χ1v) is 8.87. The monoisotopic (exact) mass is 380 g/mol. The van der Waals surface area contributed by atoms with Gasteiger partial charge >= 0.3 is 0 Å². The second-order valence-electron chi connectivity index (χ2n) is 6.60. The van der Waals surface area contributed by atoms with Gasteiger partial charge in [0.05, 0.1) is 17.4 Å². The predicted octanol–water partition coefficient (Wildman–Crippen LogP) is 1.81. The molecule has 0 aromatic carbocycles. The van der Waals surface area contributed by atoms with Crippen LogP contribution >= 0.6 is 0 Å². The summed E-state index contributed by atoms with van der Waals surface area (Å²) in [7, 11) is 0. The number of rotatable bonds is 5. The van der Waals surface area contributed by atoms with E-state index in [1.807, 2.05) is 13.8 Å². The summed E-state index contributed by atoms with van der Waals surface area (Å²) < 4.78 is 3.38. The van der Waals surface area contributed by atoms with E-state index >= 15 is 0 Å². The van der Waals surface area contributed by atoms with E-state index in [0.29, 0.717) is 46.4 Å². The minimum atomic E-state index is -0.555. The van der Waals surface area contributed by atoms with Gasteiger partial charge in [-0.2, -0.15) is 10.2 Å². The molecule has 0 saturated carbocycles. The predicted molar refractivity (Wildman–Crippen MR) is 102 cm³/mol. The lowest BCUT2D eigenvalue weighted by molar-refractivity contribution is 0.0995. The van der Waals surface area contributed by atoms with Crippen molar-refractivity contribution in [3.63, 3.8) is 0 Å². The highest BCUT2D eigenvalue weighted by Gasteiger charge is 2.22. The Hall–Kier alpha value is -3.69. The van der Waals surface area contributed by atoms with Gasteiger partial charge in [0.2, 0.25) is 5.82 Å². The number of aromatic amines is 1. The zero-order valence-electron chi connectivity index (χ0n) is 15.8. The highest BCUT2D eigenvalue weighted by Crippen LogP contribution is 2.32. The number of amides is 1. The average Bonchev–Trinajstić information content (AvgIpc) is 3.32. The Morgan fingerprint density at radius 1 is 1.36 bits per heavy atom. The topological polar surface area (TPSA) is 140 Å². The van der Waals surface area contributed by atoms with E-state index in [1.54, 1.807) is 34.5 Å². The van der Waals surface area contributed by atoms with Crippen LogP contribution < -0.4 is 5.73 Å². The number of carbonyl (C=O) groups excluding carboxylic acids is 1. The average molecular weight is 380 g/mol. The van der Waals surface area contributed by atoms with Crippen LogP contribution in [0.4, 0.5) is 0 Å². The van der Waals surface area contributed by atoms with Gasteiger partial charge in [-0.25, -0.2) is 4.98 Å². The first-order chi connectivity index (χ1) is 13.4. The van der Waals surface area contributed by atoms with Crippen molar-refractivity contribution in [3.05, 3.63) is 35.5 Å². The molecule has 0 atom stereocenters. The van der Waals surface area contributed by atoms with Gasteiger partial charge in [0.15, 0.2) is 11.6 Å². The second kappa shape index (κ2) is 6.48. The zero-order chi connectivity index (χ0) is 20.0. The van der Waals surface area contributed by atoms with Crippen LogP contribution in [0.2, 0.25) is 0 Å². The number of primary amides is 1. The van der Waals surface area contributed by atoms with Crippen LogP contribution in [0.1, 0.15) is 35.2 Å². The second-order valence-corrected chi connectivity index (χ2v) is 6.60. The molecule has 144 valence electrons. The minimum absolute atomic E-state index is 0.0517. The van der Waals surface area contributed by atoms with Gasteiger partial charge in [-0.05, 0) is 26.3 Å². The van der Waals surface area contributed by atoms with E-state index in [0.717, 1.165) is 12.1 Å². The standard InChI is InChI=1S/C18H20N8O2/c1-4-5-26-14(15(27)10(3)24-26)18-21-17(22-23-18)11-6-12(16(19)28)25-8-9(2)20-7-13(11)25/h6-8,27H,4-5H2,1-3H3,(H2,19,28)(H,21,22,23). The maximum Gasteiger partial charge on any atom is 0.265 e. The third kappa shape index (κ3) is 2.70. The van der Waals surface area contributed by atoms with Gasteiger partial charge in [0, 0.05) is 18.3 Å². The molecule has 0 radical (unpaired) electrons. The molecule has 0 saturated heterocycles. The summed E-state index contributed by atoms with van der Waals surface area (Å²) in [6.07, 6.45) is 4.24. The molecule has 1 amide bonds. The molecule has 4 rings (SSSR count). The Kier molecular flexibility index (Phi) is 4.10. The molecule has 0 unspecified atom stereocenters. The summed E-state index contributed by atoms with van der Waals surface area (Å²) in [5.41, 5.74) is 8.87. The number of aromatic hydroxyl groups is 1. The number of hydrogen-bond acceptors (Lipinski definition) is 6. The van der Waals surface area contributed by atoms with Crippen LogP contribution in [-0.2, 0) is 6.54 Å². The van der Waals surface area contributed by atoms with Gasteiger partial charge < -0.3 is 15.2 Å². The van der Waals surface area contributed by atoms with Gasteiger partial charge in [0.1, 0.15) is 17.1 Å². The maximum atomic E-state index is 11.9. The van der Waals surface area contributed by atoms with E-state index in [9.17, 15) is 9.90 Å². The Bertz CT molecular complexity index is 1200. The van der Waals surface area contributed by atoms with Crippen molar-refractivity contribution < 1.29 is 9.90 Å². The van der Waals surface area contributed by atoms with Crippen molar-refractivity contribution in [2.75, 3.05) is 0 Å². The molecule has 4 aromatic rings. The first kappa shape index (κ1) is 17.7. The van der Waals surface area contributed by atoms with Gasteiger partial charge in [0.25, 0.3) is 5.91 Å². The number of fused-ring (bicyclic) bond motifs is 1. The van der Waals surface area contributed by atoms with Crippen LogP contribution in [-0.4, -0.2) is 45.4 Å². The summed E-state index contributed by atoms with van der Waals surface area (Å²) >= 11 is 0. The number of nitrogens with one attached hydrogen (secondary N) is 1. The van der Waals surface area contributed by atoms with Crippen molar-refractivity contribution in [2.24, 2.45) is 5.73 Å². The summed E-state index contributed by atoms with van der Waals surface area (Å²) in [4.78, 5) is 20.7. The fourth-order valence-corrected chi connectivity index (χ4v) is 3.23. The number of nitrogens with two attached hydrogens (primary N) is 1. The lowest BCUT2D eigenvalue weighted by Crippen LogP contribution is -2.13. The Labute approximate surface area is 160 Å². The number of aryl methyl sites for hydroxylation is 3. The molecule has 10 heteroatoms. The molecule has 0 aliphatic carbocycles. The molecule has 10 nitrogen and oxygen atoms in total. The Balaban J connectivity index is 1.87. The lowest BCUT2D eigenvalue weighted by atomic mass is 10.2. The number of carbonyl (C=O) groups is 1. The molecule has 4 N–H and O–H groups in total. The minimum Gasteiger partial charge on any atom is -0.504 e. The van der Waals surface area contributed by atoms with E-state index in [1.165, 1.54) is 0 Å². The quantitative estimate of drug-likeness (QED) is 0.482.